The molecule has 1 aliphatic heterocycles. The van der Waals surface area contributed by atoms with Gasteiger partial charge in [-0.25, -0.2) is 9.78 Å². The summed E-state index contributed by atoms with van der Waals surface area (Å²) in [6, 6.07) is 0.300. The van der Waals surface area contributed by atoms with Crippen LogP contribution in [0.2, 0.25) is 0 Å². The number of carbonyl (C=O) groups is 1. The van der Waals surface area contributed by atoms with Gasteiger partial charge in [-0.1, -0.05) is 0 Å². The molecule has 2 atom stereocenters. The molecule has 6 heteroatoms. The van der Waals surface area contributed by atoms with Crippen molar-refractivity contribution in [1.29, 1.82) is 0 Å². The first-order chi connectivity index (χ1) is 8.20. The number of hydrogen-bond acceptors (Lipinski definition) is 6. The fourth-order valence-corrected chi connectivity index (χ4v) is 2.58. The zero-order chi connectivity index (χ0) is 12.3. The second-order valence-electron chi connectivity index (χ2n) is 4.09. The molecular weight excluding hydrogens is 240 g/mol. The lowest BCUT2D eigenvalue weighted by Crippen LogP contribution is -2.26. The molecule has 1 aromatic heterocycles. The van der Waals surface area contributed by atoms with Gasteiger partial charge >= 0.3 is 5.97 Å². The lowest BCUT2D eigenvalue weighted by atomic mass is 10.0. The lowest BCUT2D eigenvalue weighted by Gasteiger charge is -2.18. The molecule has 94 valence electrons. The van der Waals surface area contributed by atoms with E-state index in [1.165, 1.54) is 18.4 Å². The fraction of sp³-hybridized carbons (Fsp3) is 0.636. The van der Waals surface area contributed by atoms with Gasteiger partial charge in [0.05, 0.1) is 13.7 Å². The van der Waals surface area contributed by atoms with Crippen LogP contribution in [-0.2, 0) is 9.47 Å². The van der Waals surface area contributed by atoms with Gasteiger partial charge in [-0.15, -0.1) is 11.3 Å². The van der Waals surface area contributed by atoms with Gasteiger partial charge in [0.15, 0.2) is 10.8 Å². The molecule has 0 amide bonds. The summed E-state index contributed by atoms with van der Waals surface area (Å²) in [7, 11) is 1.35. The Morgan fingerprint density at radius 2 is 2.59 bits per heavy atom. The molecule has 2 unspecified atom stereocenters. The third kappa shape index (κ3) is 2.95. The van der Waals surface area contributed by atoms with Crippen LogP contribution in [0, 0.1) is 5.92 Å². The van der Waals surface area contributed by atoms with Crippen LogP contribution in [0.4, 0.5) is 5.13 Å². The Hall–Kier alpha value is -1.14. The number of esters is 1. The highest BCUT2D eigenvalue weighted by Crippen LogP contribution is 2.22. The molecule has 0 aromatic carbocycles. The van der Waals surface area contributed by atoms with Crippen LogP contribution in [0.25, 0.3) is 0 Å². The zero-order valence-electron chi connectivity index (χ0n) is 9.93. The Labute approximate surface area is 104 Å². The number of anilines is 1. The maximum atomic E-state index is 11.2. The van der Waals surface area contributed by atoms with Gasteiger partial charge in [0.1, 0.15) is 0 Å². The number of methoxy groups -OCH3 is 1. The molecule has 0 saturated carbocycles. The Kier molecular flexibility index (Phi) is 3.96. The van der Waals surface area contributed by atoms with Crippen molar-refractivity contribution in [2.75, 3.05) is 25.6 Å². The second kappa shape index (κ2) is 5.46. The van der Waals surface area contributed by atoms with Gasteiger partial charge in [0.25, 0.3) is 0 Å². The minimum Gasteiger partial charge on any atom is -0.464 e. The van der Waals surface area contributed by atoms with Gasteiger partial charge in [-0.3, -0.25) is 0 Å². The molecule has 0 spiro atoms. The highest BCUT2D eigenvalue weighted by atomic mass is 32.1. The van der Waals surface area contributed by atoms with Crippen molar-refractivity contribution in [1.82, 2.24) is 4.98 Å². The summed E-state index contributed by atoms with van der Waals surface area (Å²) >= 11 is 1.42. The minimum atomic E-state index is -0.397. The summed E-state index contributed by atoms with van der Waals surface area (Å²) in [5.74, 6) is 0.117. The molecule has 2 rings (SSSR count). The van der Waals surface area contributed by atoms with E-state index in [-0.39, 0.29) is 0 Å². The Bertz CT molecular complexity index is 388. The van der Waals surface area contributed by atoms with Crippen LogP contribution < -0.4 is 5.32 Å². The first-order valence-electron chi connectivity index (χ1n) is 5.59. The Balaban J connectivity index is 1.94. The van der Waals surface area contributed by atoms with Crippen LogP contribution in [0.5, 0.6) is 0 Å². The van der Waals surface area contributed by atoms with Crippen molar-refractivity contribution < 1.29 is 14.3 Å². The number of hydrogen-bond donors (Lipinski definition) is 1. The molecule has 1 aromatic rings. The molecular formula is C11H16N2O3S. The number of nitrogens with one attached hydrogen (secondary N) is 1. The summed E-state index contributed by atoms with van der Waals surface area (Å²) in [5.41, 5.74) is 0.356. The van der Waals surface area contributed by atoms with Crippen molar-refractivity contribution >= 4 is 22.4 Å². The zero-order valence-corrected chi connectivity index (χ0v) is 10.8. The first kappa shape index (κ1) is 12.3. The van der Waals surface area contributed by atoms with Gasteiger partial charge in [0.2, 0.25) is 0 Å². The third-order valence-electron chi connectivity index (χ3n) is 2.92. The molecule has 17 heavy (non-hydrogen) atoms. The number of ether oxygens (including phenoxy) is 2. The van der Waals surface area contributed by atoms with E-state index >= 15 is 0 Å². The Morgan fingerprint density at radius 3 is 3.24 bits per heavy atom. The van der Waals surface area contributed by atoms with Gasteiger partial charge < -0.3 is 14.8 Å². The average Bonchev–Trinajstić information content (AvgIpc) is 2.98. The second-order valence-corrected chi connectivity index (χ2v) is 4.94. The number of rotatable bonds is 4. The average molecular weight is 256 g/mol. The van der Waals surface area contributed by atoms with E-state index in [9.17, 15) is 4.79 Å². The molecule has 5 nitrogen and oxygen atoms in total. The fourth-order valence-electron chi connectivity index (χ4n) is 1.80. The van der Waals surface area contributed by atoms with Crippen LogP contribution >= 0.6 is 11.3 Å². The van der Waals surface area contributed by atoms with Crippen LogP contribution in [0.15, 0.2) is 5.38 Å². The summed E-state index contributed by atoms with van der Waals surface area (Å²) in [6.45, 7) is 3.74. The summed E-state index contributed by atoms with van der Waals surface area (Å²) in [4.78, 5) is 15.4. The van der Waals surface area contributed by atoms with Crippen molar-refractivity contribution in [2.45, 2.75) is 19.4 Å². The first-order valence-corrected chi connectivity index (χ1v) is 6.47. The van der Waals surface area contributed by atoms with Gasteiger partial charge in [-0.05, 0) is 13.3 Å². The predicted molar refractivity (Wildman–Crippen MR) is 65.5 cm³/mol. The number of thiazole rings is 1. The monoisotopic (exact) mass is 256 g/mol. The summed E-state index contributed by atoms with van der Waals surface area (Å²) in [6.07, 6.45) is 1.07. The Morgan fingerprint density at radius 1 is 1.76 bits per heavy atom. The van der Waals surface area contributed by atoms with E-state index in [4.69, 9.17) is 4.74 Å². The van der Waals surface area contributed by atoms with Crippen molar-refractivity contribution in [3.63, 3.8) is 0 Å². The number of carbonyl (C=O) groups excluding carboxylic acids is 1. The molecule has 1 fully saturated rings. The van der Waals surface area contributed by atoms with E-state index in [0.29, 0.717) is 17.7 Å². The van der Waals surface area contributed by atoms with E-state index < -0.39 is 5.97 Å². The number of nitrogens with zero attached hydrogens (tertiary/aromatic N) is 1. The molecule has 0 aliphatic carbocycles. The van der Waals surface area contributed by atoms with E-state index in [1.807, 2.05) is 0 Å². The standard InChI is InChI=1S/C11H16N2O3S/c1-7(8-3-4-16-5-8)12-11-13-9(6-17-11)10(14)15-2/h6-8H,3-5H2,1-2H3,(H,12,13). The molecule has 0 bridgehead atoms. The van der Waals surface area contributed by atoms with E-state index in [2.05, 4.69) is 22.0 Å². The predicted octanol–water partition coefficient (Wildman–Crippen LogP) is 1.77. The smallest absolute Gasteiger partial charge is 0.357 e. The van der Waals surface area contributed by atoms with Crippen LogP contribution in [-0.4, -0.2) is 37.3 Å². The highest BCUT2D eigenvalue weighted by molar-refractivity contribution is 7.13. The van der Waals surface area contributed by atoms with Crippen molar-refractivity contribution in [3.05, 3.63) is 11.1 Å². The van der Waals surface area contributed by atoms with Gasteiger partial charge in [-0.2, -0.15) is 0 Å². The maximum absolute atomic E-state index is 11.2. The van der Waals surface area contributed by atoms with Crippen LogP contribution in [0.3, 0.4) is 0 Å². The largest absolute Gasteiger partial charge is 0.464 e. The minimum absolute atomic E-state index is 0.300. The summed E-state index contributed by atoms with van der Waals surface area (Å²) < 4.78 is 9.96. The van der Waals surface area contributed by atoms with Gasteiger partial charge in [0, 0.05) is 23.9 Å². The van der Waals surface area contributed by atoms with Crippen LogP contribution in [0.1, 0.15) is 23.8 Å². The lowest BCUT2D eigenvalue weighted by molar-refractivity contribution is 0.0595. The quantitative estimate of drug-likeness (QED) is 0.832. The van der Waals surface area contributed by atoms with E-state index in [1.54, 1.807) is 5.38 Å². The third-order valence-corrected chi connectivity index (χ3v) is 3.70. The van der Waals surface area contributed by atoms with Crippen molar-refractivity contribution in [2.24, 2.45) is 5.92 Å². The summed E-state index contributed by atoms with van der Waals surface area (Å²) in [5, 5.41) is 5.76. The van der Waals surface area contributed by atoms with E-state index in [0.717, 1.165) is 24.8 Å². The molecule has 1 N–H and O–H groups in total. The molecule has 2 heterocycles. The molecule has 0 radical (unpaired) electrons. The molecule has 1 aliphatic rings. The SMILES string of the molecule is COC(=O)c1csc(NC(C)C2CCOC2)n1. The maximum Gasteiger partial charge on any atom is 0.357 e. The highest BCUT2D eigenvalue weighted by Gasteiger charge is 2.23. The normalized spacial score (nSPS) is 21.2. The molecule has 1 saturated heterocycles. The number of aromatic nitrogens is 1. The topological polar surface area (TPSA) is 60.5 Å². The van der Waals surface area contributed by atoms with Crippen molar-refractivity contribution in [3.8, 4) is 0 Å².